The highest BCUT2D eigenvalue weighted by Crippen LogP contribution is 2.16. The molecular formula is C20H30N4O4S. The number of ether oxygens (including phenoxy) is 1. The third kappa shape index (κ3) is 6.30. The van der Waals surface area contributed by atoms with Crippen LogP contribution in [0, 0.1) is 19.8 Å². The summed E-state index contributed by atoms with van der Waals surface area (Å²) >= 11 is 0. The molecule has 0 bridgehead atoms. The largest absolute Gasteiger partial charge is 0.497 e. The van der Waals surface area contributed by atoms with Crippen LogP contribution in [0.3, 0.4) is 0 Å². The van der Waals surface area contributed by atoms with Crippen molar-refractivity contribution < 1.29 is 17.9 Å². The van der Waals surface area contributed by atoms with Crippen LogP contribution < -0.4 is 14.8 Å². The van der Waals surface area contributed by atoms with Gasteiger partial charge in [0.1, 0.15) is 5.75 Å². The van der Waals surface area contributed by atoms with Gasteiger partial charge in [-0.15, -0.1) is 0 Å². The number of hydrogen-bond donors (Lipinski definition) is 2. The zero-order valence-electron chi connectivity index (χ0n) is 17.7. The second-order valence-corrected chi connectivity index (χ2v) is 9.09. The number of nitrogens with zero attached hydrogens (tertiary/aromatic N) is 2. The molecule has 0 atom stereocenters. The molecule has 1 amide bonds. The lowest BCUT2D eigenvalue weighted by molar-refractivity contribution is -0.120. The lowest BCUT2D eigenvalue weighted by atomic mass is 10.1. The highest BCUT2D eigenvalue weighted by Gasteiger charge is 2.16. The van der Waals surface area contributed by atoms with Crippen molar-refractivity contribution in [2.75, 3.05) is 20.2 Å². The van der Waals surface area contributed by atoms with Crippen molar-refractivity contribution in [1.82, 2.24) is 19.8 Å². The normalized spacial score (nSPS) is 11.7. The van der Waals surface area contributed by atoms with Gasteiger partial charge in [0, 0.05) is 30.9 Å². The Hall–Kier alpha value is -2.39. The third-order valence-electron chi connectivity index (χ3n) is 4.52. The summed E-state index contributed by atoms with van der Waals surface area (Å²) < 4.78 is 34.0. The minimum absolute atomic E-state index is 0.102. The van der Waals surface area contributed by atoms with Crippen LogP contribution in [-0.4, -0.2) is 44.3 Å². The van der Waals surface area contributed by atoms with Gasteiger partial charge in [0.05, 0.1) is 24.1 Å². The molecule has 0 aliphatic rings. The molecule has 1 heterocycles. The predicted octanol–water partition coefficient (Wildman–Crippen LogP) is 1.80. The van der Waals surface area contributed by atoms with Gasteiger partial charge in [0.25, 0.3) is 0 Å². The Morgan fingerprint density at radius 2 is 1.83 bits per heavy atom. The molecule has 9 heteroatoms. The molecule has 2 aromatic rings. The molecule has 2 rings (SSSR count). The molecule has 160 valence electrons. The third-order valence-corrected chi connectivity index (χ3v) is 5.99. The molecule has 0 spiro atoms. The molecule has 0 aliphatic heterocycles. The Balaban J connectivity index is 1.85. The Labute approximate surface area is 172 Å². The van der Waals surface area contributed by atoms with E-state index in [1.165, 1.54) is 19.2 Å². The van der Waals surface area contributed by atoms with Crippen LogP contribution in [0.5, 0.6) is 5.75 Å². The summed E-state index contributed by atoms with van der Waals surface area (Å²) in [5, 5.41) is 7.27. The van der Waals surface area contributed by atoms with Gasteiger partial charge in [-0.3, -0.25) is 9.48 Å². The predicted molar refractivity (Wildman–Crippen MR) is 111 cm³/mol. The van der Waals surface area contributed by atoms with Crippen LogP contribution in [0.2, 0.25) is 0 Å². The Kier molecular flexibility index (Phi) is 7.80. The van der Waals surface area contributed by atoms with E-state index in [9.17, 15) is 13.2 Å². The number of hydrogen-bond acceptors (Lipinski definition) is 5. The molecule has 0 saturated heterocycles. The standard InChI is InChI=1S/C20H30N4O4S/c1-14(2)13-24-16(4)19(15(3)23-24)12-20(25)21-10-11-22-29(26,27)18-8-6-17(28-5)7-9-18/h6-9,14,22H,10-13H2,1-5H3,(H,21,25). The molecular weight excluding hydrogens is 392 g/mol. The molecule has 1 aromatic heterocycles. The van der Waals surface area contributed by atoms with Gasteiger partial charge >= 0.3 is 0 Å². The first-order valence-corrected chi connectivity index (χ1v) is 11.1. The first kappa shape index (κ1) is 22.9. The number of carbonyl (C=O) groups is 1. The SMILES string of the molecule is COc1ccc(S(=O)(=O)NCCNC(=O)Cc2c(C)nn(CC(C)C)c2C)cc1. The topological polar surface area (TPSA) is 102 Å². The van der Waals surface area contributed by atoms with E-state index in [1.54, 1.807) is 12.1 Å². The smallest absolute Gasteiger partial charge is 0.240 e. The average Bonchev–Trinajstić information content (AvgIpc) is 2.92. The van der Waals surface area contributed by atoms with Gasteiger partial charge in [0.15, 0.2) is 0 Å². The Morgan fingerprint density at radius 1 is 1.17 bits per heavy atom. The zero-order chi connectivity index (χ0) is 21.6. The molecule has 0 unspecified atom stereocenters. The van der Waals surface area contributed by atoms with Crippen molar-refractivity contribution in [2.24, 2.45) is 5.92 Å². The lowest BCUT2D eigenvalue weighted by Crippen LogP contribution is -2.35. The van der Waals surface area contributed by atoms with E-state index < -0.39 is 10.0 Å². The van der Waals surface area contributed by atoms with E-state index in [4.69, 9.17) is 4.74 Å². The summed E-state index contributed by atoms with van der Waals surface area (Å²) in [7, 11) is -2.12. The Bertz CT molecular complexity index is 934. The van der Waals surface area contributed by atoms with Crippen LogP contribution in [-0.2, 0) is 27.8 Å². The maximum absolute atomic E-state index is 12.3. The van der Waals surface area contributed by atoms with Crippen LogP contribution >= 0.6 is 0 Å². The quantitative estimate of drug-likeness (QED) is 0.569. The number of rotatable bonds is 10. The van der Waals surface area contributed by atoms with Gasteiger partial charge < -0.3 is 10.1 Å². The molecule has 2 N–H and O–H groups in total. The van der Waals surface area contributed by atoms with Crippen molar-refractivity contribution in [3.8, 4) is 5.75 Å². The molecule has 29 heavy (non-hydrogen) atoms. The van der Waals surface area contributed by atoms with E-state index in [-0.39, 0.29) is 30.3 Å². The molecule has 0 fully saturated rings. The Morgan fingerprint density at radius 3 is 2.41 bits per heavy atom. The molecule has 0 saturated carbocycles. The number of amides is 1. The summed E-state index contributed by atoms with van der Waals surface area (Å²) in [6.07, 6.45) is 0.223. The minimum Gasteiger partial charge on any atom is -0.497 e. The van der Waals surface area contributed by atoms with E-state index in [1.807, 2.05) is 18.5 Å². The number of methoxy groups -OCH3 is 1. The van der Waals surface area contributed by atoms with Crippen molar-refractivity contribution >= 4 is 15.9 Å². The van der Waals surface area contributed by atoms with E-state index in [0.717, 1.165) is 23.5 Å². The van der Waals surface area contributed by atoms with Crippen molar-refractivity contribution in [3.05, 3.63) is 41.2 Å². The fourth-order valence-electron chi connectivity index (χ4n) is 2.96. The van der Waals surface area contributed by atoms with Crippen molar-refractivity contribution in [3.63, 3.8) is 0 Å². The number of nitrogens with one attached hydrogen (secondary N) is 2. The van der Waals surface area contributed by atoms with Crippen LogP contribution in [0.25, 0.3) is 0 Å². The number of benzene rings is 1. The van der Waals surface area contributed by atoms with Crippen LogP contribution in [0.4, 0.5) is 0 Å². The van der Waals surface area contributed by atoms with Gasteiger partial charge in [-0.2, -0.15) is 5.10 Å². The second kappa shape index (κ2) is 9.89. The first-order valence-electron chi connectivity index (χ1n) is 9.57. The van der Waals surface area contributed by atoms with E-state index in [2.05, 4.69) is 29.0 Å². The fraction of sp³-hybridized carbons (Fsp3) is 0.500. The second-order valence-electron chi connectivity index (χ2n) is 7.33. The van der Waals surface area contributed by atoms with Crippen LogP contribution in [0.1, 0.15) is 30.8 Å². The van der Waals surface area contributed by atoms with E-state index >= 15 is 0 Å². The maximum atomic E-state index is 12.3. The first-order chi connectivity index (χ1) is 13.6. The number of sulfonamides is 1. The summed E-state index contributed by atoms with van der Waals surface area (Å²) in [6, 6.07) is 6.11. The minimum atomic E-state index is -3.63. The fourth-order valence-corrected chi connectivity index (χ4v) is 3.99. The van der Waals surface area contributed by atoms with Crippen molar-refractivity contribution in [1.29, 1.82) is 0 Å². The lowest BCUT2D eigenvalue weighted by Gasteiger charge is -2.10. The summed E-state index contributed by atoms with van der Waals surface area (Å²) in [4.78, 5) is 12.4. The number of aryl methyl sites for hydroxylation is 1. The molecule has 0 radical (unpaired) electrons. The highest BCUT2D eigenvalue weighted by atomic mass is 32.2. The van der Waals surface area contributed by atoms with E-state index in [0.29, 0.717) is 11.7 Å². The number of carbonyl (C=O) groups excluding carboxylic acids is 1. The highest BCUT2D eigenvalue weighted by molar-refractivity contribution is 7.89. The monoisotopic (exact) mass is 422 g/mol. The van der Waals surface area contributed by atoms with Crippen molar-refractivity contribution in [2.45, 2.75) is 45.6 Å². The molecule has 8 nitrogen and oxygen atoms in total. The molecule has 0 aliphatic carbocycles. The van der Waals surface area contributed by atoms with Crippen LogP contribution in [0.15, 0.2) is 29.2 Å². The molecule has 1 aromatic carbocycles. The van der Waals surface area contributed by atoms with Gasteiger partial charge in [-0.25, -0.2) is 13.1 Å². The van der Waals surface area contributed by atoms with Gasteiger partial charge in [0.2, 0.25) is 15.9 Å². The van der Waals surface area contributed by atoms with Gasteiger partial charge in [-0.05, 0) is 44.0 Å². The van der Waals surface area contributed by atoms with Gasteiger partial charge in [-0.1, -0.05) is 13.8 Å². The summed E-state index contributed by atoms with van der Waals surface area (Å²) in [6.45, 7) is 9.22. The number of aromatic nitrogens is 2. The summed E-state index contributed by atoms with van der Waals surface area (Å²) in [5.41, 5.74) is 2.76. The summed E-state index contributed by atoms with van der Waals surface area (Å²) in [5.74, 6) is 0.885. The zero-order valence-corrected chi connectivity index (χ0v) is 18.5. The average molecular weight is 423 g/mol. The maximum Gasteiger partial charge on any atom is 0.240 e.